The van der Waals surface area contributed by atoms with Crippen molar-refractivity contribution in [3.05, 3.63) is 57.0 Å². The lowest BCUT2D eigenvalue weighted by atomic mass is 10.0. The molecule has 0 fully saturated rings. The first-order valence-corrected chi connectivity index (χ1v) is 10.8. The van der Waals surface area contributed by atoms with Crippen molar-refractivity contribution in [2.75, 3.05) is 18.5 Å². The van der Waals surface area contributed by atoms with Gasteiger partial charge < -0.3 is 14.8 Å². The van der Waals surface area contributed by atoms with Crippen molar-refractivity contribution < 1.29 is 19.1 Å². The second kappa shape index (κ2) is 11.8. The van der Waals surface area contributed by atoms with Crippen LogP contribution in [0.5, 0.6) is 5.75 Å². The molecular formula is C22H25BrClNO4. The van der Waals surface area contributed by atoms with Crippen molar-refractivity contribution in [3.63, 3.8) is 0 Å². The molecule has 29 heavy (non-hydrogen) atoms. The summed E-state index contributed by atoms with van der Waals surface area (Å²) in [4.78, 5) is 24.1. The van der Waals surface area contributed by atoms with E-state index in [0.29, 0.717) is 23.8 Å². The molecule has 0 saturated carbocycles. The Morgan fingerprint density at radius 3 is 2.41 bits per heavy atom. The summed E-state index contributed by atoms with van der Waals surface area (Å²) in [7, 11) is 0. The van der Waals surface area contributed by atoms with Gasteiger partial charge in [0.05, 0.1) is 11.6 Å². The molecule has 0 bridgehead atoms. The van der Waals surface area contributed by atoms with Crippen LogP contribution in [-0.2, 0) is 27.2 Å². The van der Waals surface area contributed by atoms with Crippen molar-refractivity contribution in [1.29, 1.82) is 0 Å². The van der Waals surface area contributed by atoms with Crippen LogP contribution in [0.25, 0.3) is 0 Å². The Labute approximate surface area is 184 Å². The van der Waals surface area contributed by atoms with E-state index in [2.05, 4.69) is 21.2 Å². The molecule has 2 rings (SSSR count). The predicted molar refractivity (Wildman–Crippen MR) is 119 cm³/mol. The van der Waals surface area contributed by atoms with Crippen LogP contribution in [0.3, 0.4) is 0 Å². The van der Waals surface area contributed by atoms with Crippen LogP contribution in [0, 0.1) is 0 Å². The van der Waals surface area contributed by atoms with Gasteiger partial charge >= 0.3 is 5.97 Å². The maximum Gasteiger partial charge on any atom is 0.306 e. The molecule has 0 aliphatic rings. The second-order valence-electron chi connectivity index (χ2n) is 6.39. The minimum absolute atomic E-state index is 0.160. The molecule has 0 atom stereocenters. The molecule has 0 heterocycles. The second-order valence-corrected chi connectivity index (χ2v) is 7.72. The van der Waals surface area contributed by atoms with E-state index < -0.39 is 5.97 Å². The molecule has 2 aromatic rings. The molecule has 156 valence electrons. The lowest BCUT2D eigenvalue weighted by molar-refractivity contribution is -0.147. The summed E-state index contributed by atoms with van der Waals surface area (Å²) in [5.74, 6) is -0.221. The number of rotatable bonds is 10. The van der Waals surface area contributed by atoms with Crippen LogP contribution < -0.4 is 10.1 Å². The SMILES string of the molecule is CCc1cccc(CC)c1NC(=O)COC(=O)CCCOc1ccc(Br)cc1Cl. The highest BCUT2D eigenvalue weighted by Gasteiger charge is 2.12. The number of nitrogens with one attached hydrogen (secondary N) is 1. The van der Waals surface area contributed by atoms with E-state index >= 15 is 0 Å². The molecular weight excluding hydrogens is 458 g/mol. The smallest absolute Gasteiger partial charge is 0.306 e. The maximum absolute atomic E-state index is 12.2. The monoisotopic (exact) mass is 481 g/mol. The molecule has 0 aromatic heterocycles. The number of hydrogen-bond donors (Lipinski definition) is 1. The predicted octanol–water partition coefficient (Wildman–Crippen LogP) is 5.57. The average Bonchev–Trinajstić information content (AvgIpc) is 2.71. The van der Waals surface area contributed by atoms with Gasteiger partial charge in [0.1, 0.15) is 5.75 Å². The molecule has 1 amide bonds. The summed E-state index contributed by atoms with van der Waals surface area (Å²) < 4.78 is 11.5. The van der Waals surface area contributed by atoms with Crippen LogP contribution in [0.2, 0.25) is 5.02 Å². The first-order valence-electron chi connectivity index (χ1n) is 9.58. The number of carbonyl (C=O) groups is 2. The topological polar surface area (TPSA) is 64.6 Å². The van der Waals surface area contributed by atoms with Gasteiger partial charge in [0.25, 0.3) is 5.91 Å². The number of carbonyl (C=O) groups excluding carboxylic acids is 2. The highest BCUT2D eigenvalue weighted by molar-refractivity contribution is 9.10. The highest BCUT2D eigenvalue weighted by atomic mass is 79.9. The third kappa shape index (κ3) is 7.37. The molecule has 0 saturated heterocycles. The summed E-state index contributed by atoms with van der Waals surface area (Å²) in [6.45, 7) is 4.09. The van der Waals surface area contributed by atoms with Crippen molar-refractivity contribution in [3.8, 4) is 5.75 Å². The summed E-state index contributed by atoms with van der Waals surface area (Å²) in [5.41, 5.74) is 2.94. The minimum atomic E-state index is -0.440. The molecule has 2 aromatic carbocycles. The van der Waals surface area contributed by atoms with E-state index in [4.69, 9.17) is 21.1 Å². The molecule has 7 heteroatoms. The number of anilines is 1. The Kier molecular flexibility index (Phi) is 9.48. The maximum atomic E-state index is 12.2. The average molecular weight is 483 g/mol. The first-order chi connectivity index (χ1) is 13.9. The summed E-state index contributed by atoms with van der Waals surface area (Å²) in [5, 5.41) is 3.37. The van der Waals surface area contributed by atoms with Gasteiger partial charge in [0.15, 0.2) is 6.61 Å². The number of hydrogen-bond acceptors (Lipinski definition) is 4. The number of aryl methyl sites for hydroxylation is 2. The molecule has 1 N–H and O–H groups in total. The fourth-order valence-corrected chi connectivity index (χ4v) is 3.52. The summed E-state index contributed by atoms with van der Waals surface area (Å²) in [6, 6.07) is 11.3. The van der Waals surface area contributed by atoms with Gasteiger partial charge in [-0.15, -0.1) is 0 Å². The van der Waals surface area contributed by atoms with Gasteiger partial charge in [-0.05, 0) is 48.6 Å². The van der Waals surface area contributed by atoms with Crippen molar-refractivity contribution in [2.45, 2.75) is 39.5 Å². The van der Waals surface area contributed by atoms with Gasteiger partial charge in [0, 0.05) is 16.6 Å². The van der Waals surface area contributed by atoms with E-state index in [9.17, 15) is 9.59 Å². The largest absolute Gasteiger partial charge is 0.492 e. The fraction of sp³-hybridized carbons (Fsp3) is 0.364. The van der Waals surface area contributed by atoms with E-state index in [0.717, 1.165) is 34.1 Å². The Morgan fingerprint density at radius 1 is 1.10 bits per heavy atom. The lowest BCUT2D eigenvalue weighted by Crippen LogP contribution is -2.22. The van der Waals surface area contributed by atoms with Crippen LogP contribution in [0.4, 0.5) is 5.69 Å². The zero-order valence-corrected chi connectivity index (χ0v) is 18.9. The van der Waals surface area contributed by atoms with Crippen molar-refractivity contribution in [1.82, 2.24) is 0 Å². The van der Waals surface area contributed by atoms with Crippen LogP contribution in [0.15, 0.2) is 40.9 Å². The number of amides is 1. The zero-order valence-electron chi connectivity index (χ0n) is 16.6. The Hall–Kier alpha value is -2.05. The summed E-state index contributed by atoms with van der Waals surface area (Å²) in [6.07, 6.45) is 2.25. The number of halogens is 2. The van der Waals surface area contributed by atoms with E-state index in [1.165, 1.54) is 0 Å². The number of para-hydroxylation sites is 1. The van der Waals surface area contributed by atoms with Crippen LogP contribution in [0.1, 0.15) is 37.8 Å². The van der Waals surface area contributed by atoms with Crippen molar-refractivity contribution >= 4 is 45.1 Å². The third-order valence-electron chi connectivity index (χ3n) is 4.30. The third-order valence-corrected chi connectivity index (χ3v) is 5.09. The van der Waals surface area contributed by atoms with Gasteiger partial charge in [0.2, 0.25) is 0 Å². The van der Waals surface area contributed by atoms with Gasteiger partial charge in [-0.1, -0.05) is 59.6 Å². The number of benzene rings is 2. The first kappa shape index (κ1) is 23.2. The fourth-order valence-electron chi connectivity index (χ4n) is 2.79. The van der Waals surface area contributed by atoms with E-state index in [-0.39, 0.29) is 18.9 Å². The normalized spacial score (nSPS) is 10.5. The Morgan fingerprint density at radius 2 is 1.79 bits per heavy atom. The molecule has 0 unspecified atom stereocenters. The van der Waals surface area contributed by atoms with E-state index in [1.54, 1.807) is 12.1 Å². The quantitative estimate of drug-likeness (QED) is 0.355. The molecule has 0 aliphatic heterocycles. The van der Waals surface area contributed by atoms with Gasteiger partial charge in [-0.2, -0.15) is 0 Å². The minimum Gasteiger partial charge on any atom is -0.492 e. The number of esters is 1. The lowest BCUT2D eigenvalue weighted by Gasteiger charge is -2.14. The molecule has 0 spiro atoms. The Balaban J connectivity index is 1.73. The van der Waals surface area contributed by atoms with Crippen LogP contribution in [-0.4, -0.2) is 25.1 Å². The van der Waals surface area contributed by atoms with Crippen molar-refractivity contribution in [2.24, 2.45) is 0 Å². The zero-order chi connectivity index (χ0) is 21.2. The summed E-state index contributed by atoms with van der Waals surface area (Å²) >= 11 is 9.40. The van der Waals surface area contributed by atoms with E-state index in [1.807, 2.05) is 38.1 Å². The van der Waals surface area contributed by atoms with Gasteiger partial charge in [-0.25, -0.2) is 0 Å². The number of ether oxygens (including phenoxy) is 2. The standard InChI is InChI=1S/C22H25BrClNO4/c1-3-15-7-5-8-16(4-2)22(15)25-20(26)14-29-21(27)9-6-12-28-19-11-10-17(23)13-18(19)24/h5,7-8,10-11,13H,3-4,6,9,12,14H2,1-2H3,(H,25,26). The molecule has 0 radical (unpaired) electrons. The van der Waals surface area contributed by atoms with Crippen LogP contribution >= 0.6 is 27.5 Å². The molecule has 0 aliphatic carbocycles. The highest BCUT2D eigenvalue weighted by Crippen LogP contribution is 2.27. The van der Waals surface area contributed by atoms with Gasteiger partial charge in [-0.3, -0.25) is 9.59 Å². The Bertz CT molecular complexity index is 834. The molecule has 5 nitrogen and oxygen atoms in total.